The maximum absolute atomic E-state index is 9.07. The third-order valence-electron chi connectivity index (χ3n) is 3.12. The standard InChI is InChI=1S/C13H25N3O/c1-13(2,3)11(6-10-17)14-7-5-12-15-8-9-16(12)4/h8-9,11,14,17H,5-7,10H2,1-4H3. The van der Waals surface area contributed by atoms with Crippen molar-refractivity contribution < 1.29 is 5.11 Å². The molecule has 1 heterocycles. The predicted octanol–water partition coefficient (Wildman–Crippen LogP) is 1.35. The summed E-state index contributed by atoms with van der Waals surface area (Å²) in [5, 5.41) is 12.6. The van der Waals surface area contributed by atoms with Crippen molar-refractivity contribution in [3.63, 3.8) is 0 Å². The molecule has 1 rings (SSSR count). The first-order valence-electron chi connectivity index (χ1n) is 6.25. The molecule has 0 amide bonds. The Labute approximate surface area is 104 Å². The van der Waals surface area contributed by atoms with Gasteiger partial charge in [-0.2, -0.15) is 0 Å². The molecule has 1 aromatic heterocycles. The fraction of sp³-hybridized carbons (Fsp3) is 0.769. The van der Waals surface area contributed by atoms with E-state index in [2.05, 4.69) is 31.1 Å². The summed E-state index contributed by atoms with van der Waals surface area (Å²) in [6.07, 6.45) is 5.50. The first-order chi connectivity index (χ1) is 7.95. The van der Waals surface area contributed by atoms with E-state index < -0.39 is 0 Å². The number of rotatable bonds is 6. The molecule has 0 spiro atoms. The van der Waals surface area contributed by atoms with Gasteiger partial charge >= 0.3 is 0 Å². The Bertz CT molecular complexity index is 328. The molecule has 17 heavy (non-hydrogen) atoms. The van der Waals surface area contributed by atoms with E-state index in [1.165, 1.54) is 0 Å². The van der Waals surface area contributed by atoms with E-state index in [1.807, 2.05) is 24.0 Å². The van der Waals surface area contributed by atoms with E-state index in [4.69, 9.17) is 5.11 Å². The van der Waals surface area contributed by atoms with Crippen molar-refractivity contribution in [1.29, 1.82) is 0 Å². The van der Waals surface area contributed by atoms with Crippen LogP contribution in [0.1, 0.15) is 33.0 Å². The molecule has 4 heteroatoms. The van der Waals surface area contributed by atoms with Gasteiger partial charge in [0.25, 0.3) is 0 Å². The van der Waals surface area contributed by atoms with Crippen molar-refractivity contribution >= 4 is 0 Å². The number of hydrogen-bond donors (Lipinski definition) is 2. The van der Waals surface area contributed by atoms with Crippen LogP contribution in [0.4, 0.5) is 0 Å². The minimum atomic E-state index is 0.171. The topological polar surface area (TPSA) is 50.1 Å². The van der Waals surface area contributed by atoms with E-state index >= 15 is 0 Å². The summed E-state index contributed by atoms with van der Waals surface area (Å²) in [6.45, 7) is 7.72. The van der Waals surface area contributed by atoms with Gasteiger partial charge in [0.15, 0.2) is 0 Å². The van der Waals surface area contributed by atoms with Crippen LogP contribution in [-0.2, 0) is 13.5 Å². The molecule has 4 nitrogen and oxygen atoms in total. The second kappa shape index (κ2) is 6.17. The highest BCUT2D eigenvalue weighted by Gasteiger charge is 2.23. The normalized spacial score (nSPS) is 13.9. The monoisotopic (exact) mass is 239 g/mol. The highest BCUT2D eigenvalue weighted by Crippen LogP contribution is 2.21. The quantitative estimate of drug-likeness (QED) is 0.788. The summed E-state index contributed by atoms with van der Waals surface area (Å²) in [5.74, 6) is 1.09. The number of nitrogens with zero attached hydrogens (tertiary/aromatic N) is 2. The van der Waals surface area contributed by atoms with Crippen LogP contribution in [0, 0.1) is 5.41 Å². The van der Waals surface area contributed by atoms with Crippen LogP contribution >= 0.6 is 0 Å². The predicted molar refractivity (Wildman–Crippen MR) is 69.9 cm³/mol. The van der Waals surface area contributed by atoms with Gasteiger partial charge in [-0.25, -0.2) is 4.98 Å². The van der Waals surface area contributed by atoms with E-state index in [0.29, 0.717) is 6.04 Å². The van der Waals surface area contributed by atoms with Gasteiger partial charge in [0.2, 0.25) is 0 Å². The average Bonchev–Trinajstić information content (AvgIpc) is 2.62. The zero-order chi connectivity index (χ0) is 12.9. The molecule has 0 fully saturated rings. The van der Waals surface area contributed by atoms with Crippen molar-refractivity contribution in [2.45, 2.75) is 39.7 Å². The fourth-order valence-corrected chi connectivity index (χ4v) is 1.97. The van der Waals surface area contributed by atoms with E-state index in [0.717, 1.165) is 25.2 Å². The van der Waals surface area contributed by atoms with Gasteiger partial charge in [0.05, 0.1) is 0 Å². The number of aryl methyl sites for hydroxylation is 1. The Morgan fingerprint density at radius 1 is 1.47 bits per heavy atom. The molecular weight excluding hydrogens is 214 g/mol. The summed E-state index contributed by atoms with van der Waals surface area (Å²) in [7, 11) is 2.01. The third kappa shape index (κ3) is 4.48. The number of imidazole rings is 1. The van der Waals surface area contributed by atoms with Gasteiger partial charge in [0, 0.05) is 45.1 Å². The molecule has 0 aliphatic carbocycles. The summed E-state index contributed by atoms with van der Waals surface area (Å²) in [6, 6.07) is 0.341. The first kappa shape index (κ1) is 14.2. The summed E-state index contributed by atoms with van der Waals surface area (Å²) < 4.78 is 2.04. The lowest BCUT2D eigenvalue weighted by Gasteiger charge is -2.31. The summed E-state index contributed by atoms with van der Waals surface area (Å²) >= 11 is 0. The van der Waals surface area contributed by atoms with Crippen LogP contribution in [0.2, 0.25) is 0 Å². The SMILES string of the molecule is Cn1ccnc1CCNC(CCO)C(C)(C)C. The molecule has 0 saturated carbocycles. The van der Waals surface area contributed by atoms with Crippen LogP contribution in [0.25, 0.3) is 0 Å². The Hall–Kier alpha value is -0.870. The minimum absolute atomic E-state index is 0.171. The smallest absolute Gasteiger partial charge is 0.109 e. The minimum Gasteiger partial charge on any atom is -0.396 e. The lowest BCUT2D eigenvalue weighted by molar-refractivity contribution is 0.198. The first-order valence-corrected chi connectivity index (χ1v) is 6.25. The lowest BCUT2D eigenvalue weighted by atomic mass is 9.85. The second-order valence-electron chi connectivity index (χ2n) is 5.59. The molecule has 0 saturated heterocycles. The fourth-order valence-electron chi connectivity index (χ4n) is 1.97. The molecule has 1 atom stereocenters. The van der Waals surface area contributed by atoms with E-state index in [-0.39, 0.29) is 12.0 Å². The van der Waals surface area contributed by atoms with Crippen molar-refractivity contribution in [1.82, 2.24) is 14.9 Å². The Morgan fingerprint density at radius 3 is 2.65 bits per heavy atom. The van der Waals surface area contributed by atoms with Gasteiger partial charge in [-0.15, -0.1) is 0 Å². The van der Waals surface area contributed by atoms with Gasteiger partial charge in [-0.05, 0) is 11.8 Å². The molecule has 0 aliphatic rings. The zero-order valence-corrected chi connectivity index (χ0v) is 11.4. The molecular formula is C13H25N3O. The van der Waals surface area contributed by atoms with Crippen LogP contribution in [0.5, 0.6) is 0 Å². The second-order valence-corrected chi connectivity index (χ2v) is 5.59. The maximum Gasteiger partial charge on any atom is 0.109 e. The van der Waals surface area contributed by atoms with Gasteiger partial charge in [-0.3, -0.25) is 0 Å². The van der Waals surface area contributed by atoms with Gasteiger partial charge in [-0.1, -0.05) is 20.8 Å². The number of aromatic nitrogens is 2. The molecule has 0 aliphatic heterocycles. The van der Waals surface area contributed by atoms with E-state index in [9.17, 15) is 0 Å². The van der Waals surface area contributed by atoms with Crippen LogP contribution in [0.15, 0.2) is 12.4 Å². The van der Waals surface area contributed by atoms with Crippen molar-refractivity contribution in [2.24, 2.45) is 12.5 Å². The Balaban J connectivity index is 2.40. The third-order valence-corrected chi connectivity index (χ3v) is 3.12. The lowest BCUT2D eigenvalue weighted by Crippen LogP contribution is -2.42. The summed E-state index contributed by atoms with van der Waals surface area (Å²) in [5.41, 5.74) is 0.171. The molecule has 1 unspecified atom stereocenters. The van der Waals surface area contributed by atoms with Gasteiger partial charge in [0.1, 0.15) is 5.82 Å². The largest absolute Gasteiger partial charge is 0.396 e. The molecule has 0 bridgehead atoms. The Morgan fingerprint density at radius 2 is 2.18 bits per heavy atom. The van der Waals surface area contributed by atoms with Gasteiger partial charge < -0.3 is 15.0 Å². The van der Waals surface area contributed by atoms with Crippen LogP contribution < -0.4 is 5.32 Å². The molecule has 98 valence electrons. The molecule has 0 aromatic carbocycles. The number of aliphatic hydroxyl groups is 1. The highest BCUT2D eigenvalue weighted by atomic mass is 16.3. The van der Waals surface area contributed by atoms with Crippen LogP contribution in [0.3, 0.4) is 0 Å². The highest BCUT2D eigenvalue weighted by molar-refractivity contribution is 4.92. The van der Waals surface area contributed by atoms with Crippen molar-refractivity contribution in [2.75, 3.05) is 13.2 Å². The Kier molecular flexibility index (Phi) is 5.15. The molecule has 1 aromatic rings. The molecule has 2 N–H and O–H groups in total. The number of nitrogens with one attached hydrogen (secondary N) is 1. The maximum atomic E-state index is 9.07. The van der Waals surface area contributed by atoms with E-state index in [1.54, 1.807) is 0 Å². The summed E-state index contributed by atoms with van der Waals surface area (Å²) in [4.78, 5) is 4.29. The average molecular weight is 239 g/mol. The van der Waals surface area contributed by atoms with Crippen molar-refractivity contribution in [3.05, 3.63) is 18.2 Å². The number of aliphatic hydroxyl groups excluding tert-OH is 1. The number of hydrogen-bond acceptors (Lipinski definition) is 3. The van der Waals surface area contributed by atoms with Crippen LogP contribution in [-0.4, -0.2) is 33.9 Å². The van der Waals surface area contributed by atoms with Crippen molar-refractivity contribution in [3.8, 4) is 0 Å². The zero-order valence-electron chi connectivity index (χ0n) is 11.4. The molecule has 0 radical (unpaired) electrons.